The van der Waals surface area contributed by atoms with Gasteiger partial charge in [-0.25, -0.2) is 9.65 Å². The Bertz CT molecular complexity index is 504. The molecule has 0 amide bonds. The van der Waals surface area contributed by atoms with E-state index in [1.165, 1.54) is 0 Å². The van der Waals surface area contributed by atoms with Gasteiger partial charge in [0.15, 0.2) is 0 Å². The van der Waals surface area contributed by atoms with E-state index in [9.17, 15) is 9.46 Å². The molecule has 0 spiro atoms. The molecule has 160 valence electrons. The lowest BCUT2D eigenvalue weighted by molar-refractivity contribution is -0.0532. The summed E-state index contributed by atoms with van der Waals surface area (Å²) in [6.07, 6.45) is 0.223. The fourth-order valence-corrected chi connectivity index (χ4v) is 4.56. The van der Waals surface area contributed by atoms with Crippen LogP contribution in [0.2, 0.25) is 0 Å². The van der Waals surface area contributed by atoms with Gasteiger partial charge in [0.05, 0.1) is 49.3 Å². The van der Waals surface area contributed by atoms with Crippen molar-refractivity contribution in [3.8, 4) is 0 Å². The highest BCUT2D eigenvalue weighted by Crippen LogP contribution is 2.42. The molecule has 8 nitrogen and oxygen atoms in total. The van der Waals surface area contributed by atoms with Crippen molar-refractivity contribution < 1.29 is 32.9 Å². The highest BCUT2D eigenvalue weighted by molar-refractivity contribution is 7.50. The van der Waals surface area contributed by atoms with Crippen molar-refractivity contribution in [2.45, 2.75) is 103 Å². The molecule has 0 radical (unpaired) electrons. The van der Waals surface area contributed by atoms with Gasteiger partial charge >= 0.3 is 7.75 Å². The Morgan fingerprint density at radius 1 is 1.04 bits per heavy atom. The number of nitrogens with one attached hydrogen (secondary N) is 1. The Morgan fingerprint density at radius 3 is 2.22 bits per heavy atom. The number of hydrogen-bond donors (Lipinski definition) is 2. The maximum absolute atomic E-state index is 12.6. The SMILES string of the molecule is CC(C)OCC1O[C@@H](C)CC1OP(=O)(O)NC[C@H]1O[C@@H](C)CC1OC(C)C. The minimum atomic E-state index is -4.01. The predicted octanol–water partition coefficient (Wildman–Crippen LogP) is 2.64. The number of rotatable bonds is 10. The molecule has 2 heterocycles. The summed E-state index contributed by atoms with van der Waals surface area (Å²) in [5, 5.41) is 2.64. The number of hydrogen-bond acceptors (Lipinski definition) is 6. The third kappa shape index (κ3) is 7.71. The van der Waals surface area contributed by atoms with Crippen LogP contribution in [-0.2, 0) is 28.0 Å². The molecule has 0 bridgehead atoms. The van der Waals surface area contributed by atoms with Crippen LogP contribution in [0.4, 0.5) is 0 Å². The van der Waals surface area contributed by atoms with Gasteiger partial charge in [-0.3, -0.25) is 4.52 Å². The molecule has 0 aromatic heterocycles. The third-order valence-corrected chi connectivity index (χ3v) is 5.72. The first-order valence-corrected chi connectivity index (χ1v) is 11.5. The predicted molar refractivity (Wildman–Crippen MR) is 102 cm³/mol. The van der Waals surface area contributed by atoms with Crippen molar-refractivity contribution in [1.82, 2.24) is 5.09 Å². The van der Waals surface area contributed by atoms with E-state index in [2.05, 4.69) is 5.09 Å². The summed E-state index contributed by atoms with van der Waals surface area (Å²) in [5.74, 6) is 0. The zero-order valence-electron chi connectivity index (χ0n) is 17.3. The molecule has 0 aliphatic carbocycles. The highest BCUT2D eigenvalue weighted by Gasteiger charge is 2.40. The summed E-state index contributed by atoms with van der Waals surface area (Å²) in [6.45, 7) is 12.2. The maximum atomic E-state index is 12.6. The third-order valence-electron chi connectivity index (χ3n) is 4.58. The molecule has 7 atom stereocenters. The van der Waals surface area contributed by atoms with Crippen LogP contribution in [-0.4, -0.2) is 66.9 Å². The molecule has 9 heteroatoms. The molecule has 2 aliphatic rings. The van der Waals surface area contributed by atoms with Crippen LogP contribution in [0.15, 0.2) is 0 Å². The minimum absolute atomic E-state index is 0.0430. The molecule has 4 unspecified atom stereocenters. The highest BCUT2D eigenvalue weighted by atomic mass is 31.2. The lowest BCUT2D eigenvalue weighted by Crippen LogP contribution is -2.37. The molecule has 2 N–H and O–H groups in total. The van der Waals surface area contributed by atoms with E-state index in [0.29, 0.717) is 13.0 Å². The van der Waals surface area contributed by atoms with Gasteiger partial charge in [0.25, 0.3) is 0 Å². The standard InChI is InChI=1S/C18H36NO7P/c1-11(2)22-10-18-16(8-14(6)25-18)26-27(20,21)19-9-17-15(23-12(3)4)7-13(5)24-17/h11-18H,7-10H2,1-6H3,(H2,19,20,21)/t13-,14-,15?,16?,17+,18?/m0/s1. The molecule has 0 aromatic rings. The molecule has 2 fully saturated rings. The average Bonchev–Trinajstić information content (AvgIpc) is 3.04. The maximum Gasteiger partial charge on any atom is 0.403 e. The van der Waals surface area contributed by atoms with Crippen molar-refractivity contribution >= 4 is 7.75 Å². The van der Waals surface area contributed by atoms with E-state index in [1.54, 1.807) is 0 Å². The summed E-state index contributed by atoms with van der Waals surface area (Å²) in [5.41, 5.74) is 0. The second kappa shape index (κ2) is 10.1. The Hall–Kier alpha value is -0.0500. The fraction of sp³-hybridized carbons (Fsp3) is 1.00. The largest absolute Gasteiger partial charge is 0.403 e. The molecule has 0 aromatic carbocycles. The molecule has 2 aliphatic heterocycles. The Balaban J connectivity index is 1.87. The fourth-order valence-electron chi connectivity index (χ4n) is 3.48. The van der Waals surface area contributed by atoms with Gasteiger partial charge in [-0.15, -0.1) is 0 Å². The van der Waals surface area contributed by atoms with Gasteiger partial charge in [-0.1, -0.05) is 0 Å². The first kappa shape index (κ1) is 23.2. The van der Waals surface area contributed by atoms with E-state index in [4.69, 9.17) is 23.5 Å². The van der Waals surface area contributed by atoms with E-state index in [-0.39, 0.29) is 49.3 Å². The Labute approximate surface area is 162 Å². The van der Waals surface area contributed by atoms with Crippen LogP contribution in [0.1, 0.15) is 54.4 Å². The van der Waals surface area contributed by atoms with E-state index in [0.717, 1.165) is 6.42 Å². The monoisotopic (exact) mass is 409 g/mol. The van der Waals surface area contributed by atoms with Crippen molar-refractivity contribution in [2.75, 3.05) is 13.2 Å². The normalized spacial score (nSPS) is 36.6. The zero-order chi connectivity index (χ0) is 20.2. The Kier molecular flexibility index (Phi) is 8.71. The first-order valence-electron chi connectivity index (χ1n) is 9.90. The zero-order valence-corrected chi connectivity index (χ0v) is 18.2. The summed E-state index contributed by atoms with van der Waals surface area (Å²) in [7, 11) is -4.01. The molecule has 27 heavy (non-hydrogen) atoms. The molecule has 2 saturated heterocycles. The first-order chi connectivity index (χ1) is 12.6. The minimum Gasteiger partial charge on any atom is -0.376 e. The molecular formula is C18H36NO7P. The lowest BCUT2D eigenvalue weighted by Gasteiger charge is -2.25. The summed E-state index contributed by atoms with van der Waals surface area (Å²) in [6, 6.07) is 0. The average molecular weight is 409 g/mol. The van der Waals surface area contributed by atoms with Gasteiger partial charge in [0, 0.05) is 19.4 Å². The van der Waals surface area contributed by atoms with Crippen LogP contribution >= 0.6 is 7.75 Å². The van der Waals surface area contributed by atoms with Crippen molar-refractivity contribution in [2.24, 2.45) is 0 Å². The van der Waals surface area contributed by atoms with Crippen molar-refractivity contribution in [3.63, 3.8) is 0 Å². The van der Waals surface area contributed by atoms with Gasteiger partial charge < -0.3 is 23.8 Å². The molecule has 2 rings (SSSR count). The lowest BCUT2D eigenvalue weighted by atomic mass is 10.1. The van der Waals surface area contributed by atoms with Crippen LogP contribution in [0, 0.1) is 0 Å². The topological polar surface area (TPSA) is 95.5 Å². The number of ether oxygens (including phenoxy) is 4. The van der Waals surface area contributed by atoms with Crippen LogP contribution in [0.5, 0.6) is 0 Å². The Morgan fingerprint density at radius 2 is 1.63 bits per heavy atom. The second-order valence-electron chi connectivity index (χ2n) is 8.07. The van der Waals surface area contributed by atoms with E-state index in [1.807, 2.05) is 41.5 Å². The van der Waals surface area contributed by atoms with Gasteiger partial charge in [-0.05, 0) is 41.5 Å². The van der Waals surface area contributed by atoms with Gasteiger partial charge in [0.1, 0.15) is 6.10 Å². The van der Waals surface area contributed by atoms with Crippen molar-refractivity contribution in [1.29, 1.82) is 0 Å². The molecular weight excluding hydrogens is 373 g/mol. The van der Waals surface area contributed by atoms with Gasteiger partial charge in [-0.2, -0.15) is 0 Å². The van der Waals surface area contributed by atoms with Crippen LogP contribution < -0.4 is 5.09 Å². The summed E-state index contributed by atoms with van der Waals surface area (Å²) >= 11 is 0. The smallest absolute Gasteiger partial charge is 0.376 e. The van der Waals surface area contributed by atoms with Gasteiger partial charge in [0.2, 0.25) is 0 Å². The molecule has 0 saturated carbocycles. The quantitative estimate of drug-likeness (QED) is 0.532. The van der Waals surface area contributed by atoms with Crippen molar-refractivity contribution in [3.05, 3.63) is 0 Å². The van der Waals surface area contributed by atoms with E-state index >= 15 is 0 Å². The van der Waals surface area contributed by atoms with Crippen LogP contribution in [0.3, 0.4) is 0 Å². The van der Waals surface area contributed by atoms with E-state index < -0.39 is 13.9 Å². The van der Waals surface area contributed by atoms with Crippen LogP contribution in [0.25, 0.3) is 0 Å². The summed E-state index contributed by atoms with van der Waals surface area (Å²) < 4.78 is 41.1. The second-order valence-corrected chi connectivity index (χ2v) is 9.64. The summed E-state index contributed by atoms with van der Waals surface area (Å²) in [4.78, 5) is 10.3.